The summed E-state index contributed by atoms with van der Waals surface area (Å²) in [6.07, 6.45) is 1.97. The van der Waals surface area contributed by atoms with Gasteiger partial charge in [-0.05, 0) is 51.8 Å². The van der Waals surface area contributed by atoms with Crippen molar-refractivity contribution < 1.29 is 4.79 Å². The molecule has 5 rings (SSSR count). The van der Waals surface area contributed by atoms with Crippen molar-refractivity contribution in [2.24, 2.45) is 0 Å². The number of likely N-dealkylation sites (tertiary alicyclic amines) is 1. The van der Waals surface area contributed by atoms with Crippen LogP contribution in [-0.2, 0) is 23.2 Å². The van der Waals surface area contributed by atoms with Crippen LogP contribution in [0.4, 0.5) is 0 Å². The smallest absolute Gasteiger partial charge is 0.281 e. The van der Waals surface area contributed by atoms with Crippen LogP contribution in [-0.4, -0.2) is 48.9 Å². The third-order valence-electron chi connectivity index (χ3n) is 6.71. The summed E-state index contributed by atoms with van der Waals surface area (Å²) in [5, 5.41) is 12.3. The van der Waals surface area contributed by atoms with Crippen molar-refractivity contribution in [3.05, 3.63) is 74.0 Å². The van der Waals surface area contributed by atoms with Gasteiger partial charge in [0.15, 0.2) is 11.2 Å². The van der Waals surface area contributed by atoms with Gasteiger partial charge in [-0.25, -0.2) is 9.67 Å². The second-order valence-electron chi connectivity index (χ2n) is 10.3. The first-order chi connectivity index (χ1) is 16.8. The Balaban J connectivity index is 1.31. The Bertz CT molecular complexity index is 1370. The summed E-state index contributed by atoms with van der Waals surface area (Å²) in [5.74, 6) is 0.893. The van der Waals surface area contributed by atoms with Crippen LogP contribution in [0.1, 0.15) is 62.0 Å². The van der Waals surface area contributed by atoms with Crippen LogP contribution in [0.5, 0.6) is 0 Å². The summed E-state index contributed by atoms with van der Waals surface area (Å²) in [4.78, 5) is 35.0. The van der Waals surface area contributed by atoms with Gasteiger partial charge in [-0.2, -0.15) is 11.3 Å². The van der Waals surface area contributed by atoms with Gasteiger partial charge in [-0.3, -0.25) is 9.59 Å². The standard InChI is InChI=1S/C26H30N6O2S/c1-26(2,3)20-6-4-17(5-7-20)15-32-24-22(29-30-32)25(34)28-23(27-24)19-8-11-31(12-9-19)21(33)14-18-10-13-35-16-18/h4-7,10,13,16,19H,8-9,11-12,14-15H2,1-3H3,(H,27,28,34). The molecular formula is C26H30N6O2S. The fraction of sp³-hybridized carbons (Fsp3) is 0.423. The average molecular weight is 491 g/mol. The SMILES string of the molecule is CC(C)(C)c1ccc(Cn2nnc3c(=O)[nH]c(C4CCN(C(=O)Cc5ccsc5)CC4)nc32)cc1. The van der Waals surface area contributed by atoms with E-state index in [1.165, 1.54) is 5.56 Å². The molecule has 4 aromatic rings. The second-order valence-corrected chi connectivity index (χ2v) is 11.1. The van der Waals surface area contributed by atoms with Crippen molar-refractivity contribution in [3.63, 3.8) is 0 Å². The van der Waals surface area contributed by atoms with Crippen molar-refractivity contribution in [2.45, 2.75) is 57.9 Å². The molecule has 0 spiro atoms. The molecule has 0 radical (unpaired) electrons. The molecule has 1 aliphatic heterocycles. The van der Waals surface area contributed by atoms with Crippen LogP contribution in [0.25, 0.3) is 11.2 Å². The molecule has 1 aromatic carbocycles. The molecule has 1 N–H and O–H groups in total. The van der Waals surface area contributed by atoms with E-state index in [0.717, 1.165) is 24.0 Å². The van der Waals surface area contributed by atoms with E-state index in [1.54, 1.807) is 16.0 Å². The normalized spacial score (nSPS) is 15.1. The predicted molar refractivity (Wildman–Crippen MR) is 137 cm³/mol. The molecule has 1 fully saturated rings. The third-order valence-corrected chi connectivity index (χ3v) is 7.45. The highest BCUT2D eigenvalue weighted by atomic mass is 32.1. The summed E-state index contributed by atoms with van der Waals surface area (Å²) < 4.78 is 1.69. The van der Waals surface area contributed by atoms with Gasteiger partial charge in [0, 0.05) is 19.0 Å². The number of fused-ring (bicyclic) bond motifs is 1. The van der Waals surface area contributed by atoms with Crippen LogP contribution < -0.4 is 5.56 Å². The van der Waals surface area contributed by atoms with Crippen LogP contribution in [0.15, 0.2) is 45.9 Å². The molecule has 8 nitrogen and oxygen atoms in total. The first kappa shape index (κ1) is 23.4. The number of benzene rings is 1. The number of carbonyl (C=O) groups is 1. The van der Waals surface area contributed by atoms with Gasteiger partial charge < -0.3 is 9.88 Å². The van der Waals surface area contributed by atoms with Gasteiger partial charge in [0.05, 0.1) is 13.0 Å². The lowest BCUT2D eigenvalue weighted by Gasteiger charge is -2.31. The zero-order valence-corrected chi connectivity index (χ0v) is 21.1. The molecule has 4 heterocycles. The number of thiophene rings is 1. The Morgan fingerprint density at radius 3 is 2.51 bits per heavy atom. The lowest BCUT2D eigenvalue weighted by Crippen LogP contribution is -2.39. The van der Waals surface area contributed by atoms with E-state index in [9.17, 15) is 9.59 Å². The molecule has 1 aliphatic rings. The molecule has 0 saturated carbocycles. The number of hydrogen-bond donors (Lipinski definition) is 1. The number of aromatic nitrogens is 5. The molecule has 182 valence electrons. The van der Waals surface area contributed by atoms with Crippen molar-refractivity contribution in [2.75, 3.05) is 13.1 Å². The molecule has 1 amide bonds. The molecule has 35 heavy (non-hydrogen) atoms. The van der Waals surface area contributed by atoms with E-state index in [0.29, 0.717) is 37.5 Å². The number of piperidine rings is 1. The molecule has 0 bridgehead atoms. The van der Waals surface area contributed by atoms with Crippen molar-refractivity contribution in [1.29, 1.82) is 0 Å². The van der Waals surface area contributed by atoms with E-state index in [2.05, 4.69) is 60.3 Å². The fourth-order valence-electron chi connectivity index (χ4n) is 4.55. The molecule has 0 unspecified atom stereocenters. The average Bonchev–Trinajstić information content (AvgIpc) is 3.49. The molecule has 3 aromatic heterocycles. The van der Waals surface area contributed by atoms with Crippen LogP contribution in [0, 0.1) is 0 Å². The number of hydrogen-bond acceptors (Lipinski definition) is 6. The number of rotatable bonds is 5. The second kappa shape index (κ2) is 9.37. The van der Waals surface area contributed by atoms with E-state index in [1.807, 2.05) is 21.7 Å². The highest BCUT2D eigenvalue weighted by Gasteiger charge is 2.26. The first-order valence-corrected chi connectivity index (χ1v) is 12.9. The topological polar surface area (TPSA) is 96.8 Å². The maximum absolute atomic E-state index is 12.7. The van der Waals surface area contributed by atoms with Crippen LogP contribution in [0.2, 0.25) is 0 Å². The first-order valence-electron chi connectivity index (χ1n) is 12.0. The molecule has 0 atom stereocenters. The van der Waals surface area contributed by atoms with E-state index in [4.69, 9.17) is 4.98 Å². The zero-order valence-electron chi connectivity index (χ0n) is 20.3. The van der Waals surface area contributed by atoms with Gasteiger partial charge in [0.25, 0.3) is 5.56 Å². The lowest BCUT2D eigenvalue weighted by atomic mass is 9.87. The monoisotopic (exact) mass is 490 g/mol. The lowest BCUT2D eigenvalue weighted by molar-refractivity contribution is -0.131. The van der Waals surface area contributed by atoms with Crippen LogP contribution >= 0.6 is 11.3 Å². The van der Waals surface area contributed by atoms with Crippen molar-refractivity contribution in [3.8, 4) is 0 Å². The number of amides is 1. The number of carbonyl (C=O) groups excluding carboxylic acids is 1. The van der Waals surface area contributed by atoms with Crippen LogP contribution in [0.3, 0.4) is 0 Å². The maximum Gasteiger partial charge on any atom is 0.281 e. The summed E-state index contributed by atoms with van der Waals surface area (Å²) in [6.45, 7) is 8.38. The van der Waals surface area contributed by atoms with Gasteiger partial charge in [0.2, 0.25) is 5.91 Å². The number of nitrogens with one attached hydrogen (secondary N) is 1. The number of aromatic amines is 1. The quantitative estimate of drug-likeness (QED) is 0.458. The van der Waals surface area contributed by atoms with Crippen molar-refractivity contribution in [1.82, 2.24) is 29.9 Å². The molecule has 1 saturated heterocycles. The highest BCUT2D eigenvalue weighted by Crippen LogP contribution is 2.27. The Kier molecular flexibility index (Phi) is 6.27. The zero-order chi connectivity index (χ0) is 24.6. The van der Waals surface area contributed by atoms with Gasteiger partial charge in [0.1, 0.15) is 5.82 Å². The Morgan fingerprint density at radius 1 is 1.11 bits per heavy atom. The van der Waals surface area contributed by atoms with E-state index >= 15 is 0 Å². The Morgan fingerprint density at radius 2 is 1.86 bits per heavy atom. The Hall–Kier alpha value is -3.33. The van der Waals surface area contributed by atoms with Crippen molar-refractivity contribution >= 4 is 28.4 Å². The molecule has 9 heteroatoms. The molecular weight excluding hydrogens is 460 g/mol. The van der Waals surface area contributed by atoms with Gasteiger partial charge in [-0.1, -0.05) is 50.3 Å². The summed E-state index contributed by atoms with van der Waals surface area (Å²) >= 11 is 1.61. The third kappa shape index (κ3) is 5.05. The highest BCUT2D eigenvalue weighted by molar-refractivity contribution is 7.08. The molecule has 0 aliphatic carbocycles. The summed E-state index contributed by atoms with van der Waals surface area (Å²) in [6, 6.07) is 10.4. The number of nitrogens with zero attached hydrogens (tertiary/aromatic N) is 5. The maximum atomic E-state index is 12.7. The Labute approximate surface area is 208 Å². The summed E-state index contributed by atoms with van der Waals surface area (Å²) in [5.41, 5.74) is 3.98. The van der Waals surface area contributed by atoms with E-state index < -0.39 is 0 Å². The predicted octanol–water partition coefficient (Wildman–Crippen LogP) is 3.87. The minimum absolute atomic E-state index is 0.0896. The largest absolute Gasteiger partial charge is 0.342 e. The van der Waals surface area contributed by atoms with Gasteiger partial charge >= 0.3 is 0 Å². The van der Waals surface area contributed by atoms with E-state index in [-0.39, 0.29) is 28.3 Å². The fourth-order valence-corrected chi connectivity index (χ4v) is 5.22. The minimum Gasteiger partial charge on any atom is -0.342 e. The minimum atomic E-state index is -0.268. The van der Waals surface area contributed by atoms with Gasteiger partial charge in [-0.15, -0.1) is 5.10 Å². The summed E-state index contributed by atoms with van der Waals surface area (Å²) in [7, 11) is 0. The number of H-pyrrole nitrogens is 1.